The van der Waals surface area contributed by atoms with E-state index in [0.29, 0.717) is 23.2 Å². The molecule has 2 aromatic carbocycles. The minimum Gasteiger partial charge on any atom is -0.508 e. The molecule has 0 saturated carbocycles. The van der Waals surface area contributed by atoms with Crippen LogP contribution in [0.15, 0.2) is 48.5 Å². The van der Waals surface area contributed by atoms with Crippen molar-refractivity contribution in [2.75, 3.05) is 26.2 Å². The number of nitrogens with zero attached hydrogens (tertiary/aromatic N) is 1. The molecule has 0 aliphatic carbocycles. The van der Waals surface area contributed by atoms with Crippen LogP contribution in [0, 0.1) is 0 Å². The van der Waals surface area contributed by atoms with Gasteiger partial charge in [-0.3, -0.25) is 0 Å². The number of piperidine rings is 1. The Kier molecular flexibility index (Phi) is 8.04. The van der Waals surface area contributed by atoms with Crippen LogP contribution in [0.4, 0.5) is 0 Å². The van der Waals surface area contributed by atoms with Gasteiger partial charge >= 0.3 is 0 Å². The van der Waals surface area contributed by atoms with Gasteiger partial charge in [0.25, 0.3) is 0 Å². The Hall–Kier alpha value is -1.46. The van der Waals surface area contributed by atoms with E-state index in [4.69, 9.17) is 16.3 Å². The minimum atomic E-state index is -0.513. The minimum absolute atomic E-state index is 0. The van der Waals surface area contributed by atoms with Crippen molar-refractivity contribution in [3.05, 3.63) is 59.1 Å². The van der Waals surface area contributed by atoms with Crippen LogP contribution in [0.3, 0.4) is 0 Å². The Labute approximate surface area is 165 Å². The molecule has 1 aliphatic rings. The Balaban J connectivity index is 0.00000243. The van der Waals surface area contributed by atoms with Crippen LogP contribution in [-0.4, -0.2) is 47.5 Å². The highest BCUT2D eigenvalue weighted by Gasteiger charge is 2.22. The number of phenolic OH excluding ortho intramolecular Hbond substituents is 1. The summed E-state index contributed by atoms with van der Waals surface area (Å²) in [5, 5.41) is 20.3. The second-order valence-electron chi connectivity index (χ2n) is 6.59. The van der Waals surface area contributed by atoms with Crippen molar-refractivity contribution >= 4 is 24.0 Å². The summed E-state index contributed by atoms with van der Waals surface area (Å²) in [7, 11) is 0. The zero-order valence-corrected chi connectivity index (χ0v) is 16.1. The van der Waals surface area contributed by atoms with E-state index in [-0.39, 0.29) is 19.0 Å². The van der Waals surface area contributed by atoms with Crippen molar-refractivity contribution in [2.24, 2.45) is 0 Å². The van der Waals surface area contributed by atoms with Gasteiger partial charge in [-0.25, -0.2) is 0 Å². The van der Waals surface area contributed by atoms with Crippen molar-refractivity contribution in [1.82, 2.24) is 4.90 Å². The molecule has 0 spiro atoms. The summed E-state index contributed by atoms with van der Waals surface area (Å²) >= 11 is 5.84. The predicted octanol–water partition coefficient (Wildman–Crippen LogP) is 4.09. The Bertz CT molecular complexity index is 656. The second kappa shape index (κ2) is 10.0. The second-order valence-corrected chi connectivity index (χ2v) is 7.02. The van der Waals surface area contributed by atoms with Crippen LogP contribution in [0.5, 0.6) is 11.5 Å². The number of phenols is 1. The number of β-amino-alcohol motifs (C(OH)–C–C–N with tert-alkyl or cyclic N) is 1. The maximum absolute atomic E-state index is 10.2. The van der Waals surface area contributed by atoms with E-state index in [1.165, 1.54) is 5.56 Å². The van der Waals surface area contributed by atoms with Gasteiger partial charge < -0.3 is 19.8 Å². The Morgan fingerprint density at radius 2 is 1.65 bits per heavy atom. The van der Waals surface area contributed by atoms with Crippen molar-refractivity contribution in [2.45, 2.75) is 24.9 Å². The van der Waals surface area contributed by atoms with Crippen molar-refractivity contribution in [3.8, 4) is 11.5 Å². The van der Waals surface area contributed by atoms with Crippen LogP contribution in [0.1, 0.15) is 24.3 Å². The van der Waals surface area contributed by atoms with Crippen molar-refractivity contribution in [1.29, 1.82) is 0 Å². The molecule has 1 fully saturated rings. The van der Waals surface area contributed by atoms with Crippen LogP contribution < -0.4 is 4.74 Å². The molecular formula is C20H25Cl2NO3. The summed E-state index contributed by atoms with van der Waals surface area (Å²) in [4.78, 5) is 2.28. The van der Waals surface area contributed by atoms with Gasteiger partial charge in [0.2, 0.25) is 0 Å². The number of likely N-dealkylation sites (tertiary alicyclic amines) is 1. The van der Waals surface area contributed by atoms with Gasteiger partial charge in [-0.05, 0) is 73.8 Å². The number of benzene rings is 2. The van der Waals surface area contributed by atoms with Crippen LogP contribution in [-0.2, 0) is 0 Å². The maximum atomic E-state index is 10.2. The number of aliphatic hydroxyl groups excluding tert-OH is 1. The smallest absolute Gasteiger partial charge is 0.119 e. The van der Waals surface area contributed by atoms with Gasteiger partial charge in [0.05, 0.1) is 0 Å². The lowest BCUT2D eigenvalue weighted by Gasteiger charge is -2.33. The van der Waals surface area contributed by atoms with Gasteiger partial charge in [0.1, 0.15) is 24.2 Å². The lowest BCUT2D eigenvalue weighted by molar-refractivity contribution is 0.0594. The van der Waals surface area contributed by atoms with E-state index in [1.54, 1.807) is 36.4 Å². The predicted molar refractivity (Wildman–Crippen MR) is 107 cm³/mol. The van der Waals surface area contributed by atoms with Crippen molar-refractivity contribution in [3.63, 3.8) is 0 Å². The first kappa shape index (κ1) is 20.8. The molecule has 26 heavy (non-hydrogen) atoms. The number of aromatic hydroxyl groups is 1. The lowest BCUT2D eigenvalue weighted by atomic mass is 9.89. The SMILES string of the molecule is Cl.Oc1ccc(C2CCN(C[C@@H](O)COc3ccc(Cl)cc3)CC2)cc1. The number of hydrogen-bond acceptors (Lipinski definition) is 4. The molecule has 0 bridgehead atoms. The summed E-state index contributed by atoms with van der Waals surface area (Å²) in [5.41, 5.74) is 1.28. The monoisotopic (exact) mass is 397 g/mol. The summed E-state index contributed by atoms with van der Waals surface area (Å²) in [6.07, 6.45) is 1.62. The molecule has 6 heteroatoms. The van der Waals surface area contributed by atoms with Gasteiger partial charge in [0.15, 0.2) is 0 Å². The molecule has 0 unspecified atom stereocenters. The topological polar surface area (TPSA) is 52.9 Å². The first-order valence-corrected chi connectivity index (χ1v) is 9.05. The van der Waals surface area contributed by atoms with E-state index in [2.05, 4.69) is 4.90 Å². The highest BCUT2D eigenvalue weighted by Crippen LogP contribution is 2.29. The van der Waals surface area contributed by atoms with Crippen LogP contribution in [0.25, 0.3) is 0 Å². The number of hydrogen-bond donors (Lipinski definition) is 2. The quantitative estimate of drug-likeness (QED) is 0.770. The normalized spacial score (nSPS) is 16.7. The average Bonchev–Trinajstić information content (AvgIpc) is 2.63. The fourth-order valence-corrected chi connectivity index (χ4v) is 3.40. The highest BCUT2D eigenvalue weighted by atomic mass is 35.5. The molecule has 0 aromatic heterocycles. The molecule has 2 N–H and O–H groups in total. The third kappa shape index (κ3) is 6.06. The number of ether oxygens (including phenoxy) is 1. The lowest BCUT2D eigenvalue weighted by Crippen LogP contribution is -2.40. The molecule has 1 heterocycles. The van der Waals surface area contributed by atoms with Gasteiger partial charge in [-0.1, -0.05) is 23.7 Å². The van der Waals surface area contributed by atoms with Gasteiger partial charge in [-0.15, -0.1) is 12.4 Å². The molecular weight excluding hydrogens is 373 g/mol. The van der Waals surface area contributed by atoms with Gasteiger partial charge in [0, 0.05) is 11.6 Å². The Morgan fingerprint density at radius 3 is 2.27 bits per heavy atom. The average molecular weight is 398 g/mol. The molecule has 1 aliphatic heterocycles. The van der Waals surface area contributed by atoms with Crippen LogP contribution in [0.2, 0.25) is 5.02 Å². The van der Waals surface area contributed by atoms with Crippen LogP contribution >= 0.6 is 24.0 Å². The van der Waals surface area contributed by atoms with E-state index < -0.39 is 6.10 Å². The van der Waals surface area contributed by atoms with E-state index in [9.17, 15) is 10.2 Å². The molecule has 3 rings (SSSR count). The zero-order valence-electron chi connectivity index (χ0n) is 14.6. The standard InChI is InChI=1S/C20H24ClNO3.ClH/c21-17-3-7-20(8-4-17)25-14-19(24)13-22-11-9-16(10-12-22)15-1-5-18(23)6-2-15;/h1-8,16,19,23-24H,9-14H2;1H/t19-;/m1./s1. The van der Waals surface area contributed by atoms with E-state index in [0.717, 1.165) is 31.7 Å². The number of aliphatic hydroxyl groups is 1. The first-order chi connectivity index (χ1) is 12.1. The highest BCUT2D eigenvalue weighted by molar-refractivity contribution is 6.30. The summed E-state index contributed by atoms with van der Waals surface area (Å²) in [6, 6.07) is 14.7. The molecule has 1 saturated heterocycles. The van der Waals surface area contributed by atoms with Gasteiger partial charge in [-0.2, -0.15) is 0 Å². The van der Waals surface area contributed by atoms with Crippen molar-refractivity contribution < 1.29 is 14.9 Å². The summed E-state index contributed by atoms with van der Waals surface area (Å²) < 4.78 is 5.61. The maximum Gasteiger partial charge on any atom is 0.119 e. The number of rotatable bonds is 6. The summed E-state index contributed by atoms with van der Waals surface area (Å²) in [5.74, 6) is 1.55. The Morgan fingerprint density at radius 1 is 1.04 bits per heavy atom. The molecule has 1 atom stereocenters. The van der Waals surface area contributed by atoms with E-state index >= 15 is 0 Å². The third-order valence-corrected chi connectivity index (χ3v) is 4.93. The fourth-order valence-electron chi connectivity index (χ4n) is 3.27. The molecule has 0 amide bonds. The third-order valence-electron chi connectivity index (χ3n) is 4.68. The molecule has 2 aromatic rings. The first-order valence-electron chi connectivity index (χ1n) is 8.68. The van der Waals surface area contributed by atoms with E-state index in [1.807, 2.05) is 12.1 Å². The molecule has 0 radical (unpaired) electrons. The largest absolute Gasteiger partial charge is 0.508 e. The molecule has 142 valence electrons. The fraction of sp³-hybridized carbons (Fsp3) is 0.400. The zero-order chi connectivity index (χ0) is 17.6. The molecule has 4 nitrogen and oxygen atoms in total. The number of halogens is 2. The summed E-state index contributed by atoms with van der Waals surface area (Å²) in [6.45, 7) is 2.82.